The van der Waals surface area contributed by atoms with Gasteiger partial charge < -0.3 is 19.5 Å². The molecule has 8 heteroatoms. The van der Waals surface area contributed by atoms with Crippen LogP contribution in [-0.2, 0) is 28.6 Å². The van der Waals surface area contributed by atoms with Crippen molar-refractivity contribution in [3.05, 3.63) is 0 Å². The summed E-state index contributed by atoms with van der Waals surface area (Å²) in [6.45, 7) is 8.61. The SMILES string of the molecule is CCOC(=O)C1C2C(=O)CC(NC(=O)OC(C)(C)C)(C(=O)OCC)C21. The van der Waals surface area contributed by atoms with Crippen molar-refractivity contribution in [2.45, 2.75) is 52.2 Å². The number of esters is 2. The molecule has 140 valence electrons. The first-order valence-corrected chi connectivity index (χ1v) is 8.45. The normalized spacial score (nSPS) is 30.3. The van der Waals surface area contributed by atoms with Gasteiger partial charge >= 0.3 is 18.0 Å². The Kier molecular flexibility index (Phi) is 5.11. The summed E-state index contributed by atoms with van der Waals surface area (Å²) in [7, 11) is 0. The van der Waals surface area contributed by atoms with Crippen LogP contribution in [0.25, 0.3) is 0 Å². The van der Waals surface area contributed by atoms with E-state index in [1.807, 2.05) is 0 Å². The fourth-order valence-corrected chi connectivity index (χ4v) is 3.50. The predicted octanol–water partition coefficient (Wildman–Crippen LogP) is 1.21. The number of fused-ring (bicyclic) bond motifs is 1. The molecule has 0 saturated heterocycles. The molecule has 0 aliphatic heterocycles. The standard InChI is InChI=1S/C17H25NO7/c1-6-23-13(20)11-10-9(19)8-17(12(10)11,14(21)24-7-2)18-15(22)25-16(3,4)5/h10-12H,6-8H2,1-5H3,(H,18,22). The van der Waals surface area contributed by atoms with Gasteiger partial charge in [-0.25, -0.2) is 9.59 Å². The molecule has 2 rings (SSSR count). The Balaban J connectivity index is 2.27. The second-order valence-corrected chi connectivity index (χ2v) is 7.29. The molecule has 4 atom stereocenters. The highest BCUT2D eigenvalue weighted by atomic mass is 16.6. The zero-order valence-corrected chi connectivity index (χ0v) is 15.2. The number of hydrogen-bond acceptors (Lipinski definition) is 7. The molecule has 2 saturated carbocycles. The lowest BCUT2D eigenvalue weighted by Gasteiger charge is -2.31. The van der Waals surface area contributed by atoms with Crippen molar-refractivity contribution < 1.29 is 33.4 Å². The molecular formula is C17H25NO7. The van der Waals surface area contributed by atoms with E-state index < -0.39 is 46.9 Å². The molecule has 0 aromatic heterocycles. The van der Waals surface area contributed by atoms with Crippen molar-refractivity contribution in [1.29, 1.82) is 0 Å². The van der Waals surface area contributed by atoms with Crippen molar-refractivity contribution >= 4 is 23.8 Å². The minimum absolute atomic E-state index is 0.0895. The van der Waals surface area contributed by atoms with Crippen molar-refractivity contribution in [2.75, 3.05) is 13.2 Å². The van der Waals surface area contributed by atoms with Crippen LogP contribution < -0.4 is 5.32 Å². The number of alkyl carbamates (subject to hydrolysis) is 1. The molecule has 1 amide bonds. The fraction of sp³-hybridized carbons (Fsp3) is 0.765. The first-order valence-electron chi connectivity index (χ1n) is 8.45. The number of nitrogens with one attached hydrogen (secondary N) is 1. The van der Waals surface area contributed by atoms with Gasteiger partial charge in [0.1, 0.15) is 11.4 Å². The van der Waals surface area contributed by atoms with Crippen LogP contribution in [0.1, 0.15) is 41.0 Å². The van der Waals surface area contributed by atoms with E-state index in [9.17, 15) is 19.2 Å². The quantitative estimate of drug-likeness (QED) is 0.583. The van der Waals surface area contributed by atoms with Crippen molar-refractivity contribution in [3.63, 3.8) is 0 Å². The summed E-state index contributed by atoms with van der Waals surface area (Å²) in [5, 5.41) is 2.52. The van der Waals surface area contributed by atoms with Crippen LogP contribution in [0, 0.1) is 17.8 Å². The number of Topliss-reactive ketones (excluding diaryl/α,β-unsaturated/α-hetero) is 1. The van der Waals surface area contributed by atoms with Gasteiger partial charge in [0, 0.05) is 18.3 Å². The Bertz CT molecular complexity index is 594. The third-order valence-electron chi connectivity index (χ3n) is 4.34. The van der Waals surface area contributed by atoms with Crippen molar-refractivity contribution in [1.82, 2.24) is 5.32 Å². The highest BCUT2D eigenvalue weighted by Crippen LogP contribution is 2.61. The van der Waals surface area contributed by atoms with E-state index in [1.165, 1.54) is 0 Å². The molecule has 1 N–H and O–H groups in total. The summed E-state index contributed by atoms with van der Waals surface area (Å²) >= 11 is 0. The number of ketones is 1. The maximum Gasteiger partial charge on any atom is 0.408 e. The van der Waals surface area contributed by atoms with E-state index in [-0.39, 0.29) is 25.4 Å². The Labute approximate surface area is 146 Å². The van der Waals surface area contributed by atoms with E-state index in [4.69, 9.17) is 14.2 Å². The largest absolute Gasteiger partial charge is 0.466 e. The molecule has 25 heavy (non-hydrogen) atoms. The number of rotatable bonds is 5. The number of hydrogen-bond donors (Lipinski definition) is 1. The van der Waals surface area contributed by atoms with E-state index >= 15 is 0 Å². The molecule has 0 bridgehead atoms. The fourth-order valence-electron chi connectivity index (χ4n) is 3.50. The Hall–Kier alpha value is -2.12. The maximum absolute atomic E-state index is 12.6. The van der Waals surface area contributed by atoms with Gasteiger partial charge in [0.15, 0.2) is 5.54 Å². The monoisotopic (exact) mass is 355 g/mol. The molecule has 2 fully saturated rings. The van der Waals surface area contributed by atoms with Crippen LogP contribution in [0.3, 0.4) is 0 Å². The first kappa shape index (κ1) is 19.2. The second kappa shape index (κ2) is 6.65. The molecule has 0 aromatic carbocycles. The third-order valence-corrected chi connectivity index (χ3v) is 4.34. The number of carbonyl (C=O) groups is 4. The molecule has 0 heterocycles. The van der Waals surface area contributed by atoms with Gasteiger partial charge in [-0.1, -0.05) is 0 Å². The van der Waals surface area contributed by atoms with Crippen LogP contribution in [0.15, 0.2) is 0 Å². The van der Waals surface area contributed by atoms with Gasteiger partial charge in [0.25, 0.3) is 0 Å². The maximum atomic E-state index is 12.6. The molecular weight excluding hydrogens is 330 g/mol. The van der Waals surface area contributed by atoms with Crippen LogP contribution >= 0.6 is 0 Å². The lowest BCUT2D eigenvalue weighted by Crippen LogP contribution is -2.58. The lowest BCUT2D eigenvalue weighted by atomic mass is 9.90. The number of carbonyl (C=O) groups excluding carboxylic acids is 4. The molecule has 4 unspecified atom stereocenters. The third kappa shape index (κ3) is 3.62. The topological polar surface area (TPSA) is 108 Å². The van der Waals surface area contributed by atoms with Gasteiger partial charge in [-0.3, -0.25) is 9.59 Å². The molecule has 0 radical (unpaired) electrons. The average molecular weight is 355 g/mol. The highest BCUT2D eigenvalue weighted by molar-refractivity contribution is 6.04. The van der Waals surface area contributed by atoms with Gasteiger partial charge in [-0.2, -0.15) is 0 Å². The minimum atomic E-state index is -1.59. The van der Waals surface area contributed by atoms with E-state index in [2.05, 4.69) is 5.32 Å². The Morgan fingerprint density at radius 3 is 2.28 bits per heavy atom. The van der Waals surface area contributed by atoms with Gasteiger partial charge in [0.2, 0.25) is 0 Å². The van der Waals surface area contributed by atoms with E-state index in [1.54, 1.807) is 34.6 Å². The predicted molar refractivity (Wildman–Crippen MR) is 85.5 cm³/mol. The van der Waals surface area contributed by atoms with Gasteiger partial charge in [-0.05, 0) is 34.6 Å². The zero-order valence-electron chi connectivity index (χ0n) is 15.2. The van der Waals surface area contributed by atoms with Crippen LogP contribution in [0.5, 0.6) is 0 Å². The smallest absolute Gasteiger partial charge is 0.408 e. The summed E-state index contributed by atoms with van der Waals surface area (Å²) in [5.41, 5.74) is -2.36. The van der Waals surface area contributed by atoms with Crippen LogP contribution in [-0.4, -0.2) is 48.2 Å². The number of ether oxygens (including phenoxy) is 3. The van der Waals surface area contributed by atoms with Crippen molar-refractivity contribution in [2.24, 2.45) is 17.8 Å². The molecule has 0 aromatic rings. The zero-order chi connectivity index (χ0) is 19.0. The van der Waals surface area contributed by atoms with Crippen LogP contribution in [0.4, 0.5) is 4.79 Å². The average Bonchev–Trinajstić information content (AvgIpc) is 3.14. The molecule has 8 nitrogen and oxygen atoms in total. The van der Waals surface area contributed by atoms with E-state index in [0.717, 1.165) is 0 Å². The number of amides is 1. The summed E-state index contributed by atoms with van der Waals surface area (Å²) in [5.74, 6) is -3.55. The molecule has 2 aliphatic carbocycles. The van der Waals surface area contributed by atoms with Crippen molar-refractivity contribution in [3.8, 4) is 0 Å². The summed E-state index contributed by atoms with van der Waals surface area (Å²) in [4.78, 5) is 49.2. The van der Waals surface area contributed by atoms with E-state index in [0.29, 0.717) is 0 Å². The summed E-state index contributed by atoms with van der Waals surface area (Å²) < 4.78 is 15.3. The summed E-state index contributed by atoms with van der Waals surface area (Å²) in [6.07, 6.45) is -1.04. The highest BCUT2D eigenvalue weighted by Gasteiger charge is 2.76. The minimum Gasteiger partial charge on any atom is -0.466 e. The molecule has 2 aliphatic rings. The molecule has 0 spiro atoms. The summed E-state index contributed by atoms with van der Waals surface area (Å²) in [6, 6.07) is 0. The van der Waals surface area contributed by atoms with Gasteiger partial charge in [-0.15, -0.1) is 0 Å². The van der Waals surface area contributed by atoms with Crippen LogP contribution in [0.2, 0.25) is 0 Å². The lowest BCUT2D eigenvalue weighted by molar-refractivity contribution is -0.154. The first-order chi connectivity index (χ1) is 11.6. The second-order valence-electron chi connectivity index (χ2n) is 7.29. The van der Waals surface area contributed by atoms with Gasteiger partial charge in [0.05, 0.1) is 19.1 Å². The Morgan fingerprint density at radius 2 is 1.76 bits per heavy atom. The Morgan fingerprint density at radius 1 is 1.16 bits per heavy atom.